The molecule has 2 heterocycles. The zero-order chi connectivity index (χ0) is 24.9. The molecule has 4 rings (SSSR count). The number of amides is 1. The van der Waals surface area contributed by atoms with Crippen LogP contribution in [0.5, 0.6) is 0 Å². The number of hydrogen-bond acceptors (Lipinski definition) is 8. The Morgan fingerprint density at radius 3 is 2.54 bits per heavy atom. The molecule has 0 aliphatic carbocycles. The highest BCUT2D eigenvalue weighted by Crippen LogP contribution is 2.22. The lowest BCUT2D eigenvalue weighted by Crippen LogP contribution is -2.24. The molecule has 2 aromatic carbocycles. The molecular weight excluding hydrogens is 454 g/mol. The van der Waals surface area contributed by atoms with Crippen molar-refractivity contribution in [3.05, 3.63) is 98.3 Å². The molecule has 0 aliphatic heterocycles. The molecule has 0 fully saturated rings. The van der Waals surface area contributed by atoms with Gasteiger partial charge in [0, 0.05) is 40.5 Å². The van der Waals surface area contributed by atoms with Crippen LogP contribution in [0, 0.1) is 6.92 Å². The van der Waals surface area contributed by atoms with E-state index in [0.717, 1.165) is 0 Å². The van der Waals surface area contributed by atoms with Gasteiger partial charge in [0.25, 0.3) is 0 Å². The fourth-order valence-electron chi connectivity index (χ4n) is 3.44. The van der Waals surface area contributed by atoms with Crippen molar-refractivity contribution in [2.75, 3.05) is 11.9 Å². The van der Waals surface area contributed by atoms with Crippen LogP contribution in [0.15, 0.2) is 74.7 Å². The maximum absolute atomic E-state index is 12.7. The van der Waals surface area contributed by atoms with Gasteiger partial charge in [0.05, 0.1) is 12.3 Å². The SMILES string of the molecule is CCOC(=O)Nc1ccc2c(COC(=O)c3nn(-c4ccccc4)c(C)cc3=O)cc(=O)oc2c1. The fraction of sp³-hybridized carbons (Fsp3) is 0.160. The lowest BCUT2D eigenvalue weighted by Gasteiger charge is -2.11. The zero-order valence-electron chi connectivity index (χ0n) is 18.9. The Morgan fingerprint density at radius 2 is 1.80 bits per heavy atom. The summed E-state index contributed by atoms with van der Waals surface area (Å²) in [4.78, 5) is 48.9. The molecule has 10 nitrogen and oxygen atoms in total. The molecule has 1 amide bonds. The average molecular weight is 475 g/mol. The highest BCUT2D eigenvalue weighted by atomic mass is 16.5. The average Bonchev–Trinajstić information content (AvgIpc) is 2.82. The number of benzene rings is 2. The zero-order valence-corrected chi connectivity index (χ0v) is 18.9. The first kappa shape index (κ1) is 23.4. The minimum atomic E-state index is -0.929. The van der Waals surface area contributed by atoms with Gasteiger partial charge in [0.15, 0.2) is 0 Å². The van der Waals surface area contributed by atoms with Crippen LogP contribution in [-0.2, 0) is 16.1 Å². The number of anilines is 1. The van der Waals surface area contributed by atoms with Crippen LogP contribution in [0.3, 0.4) is 0 Å². The first-order valence-electron chi connectivity index (χ1n) is 10.7. The summed E-state index contributed by atoms with van der Waals surface area (Å²) in [6.07, 6.45) is -0.647. The summed E-state index contributed by atoms with van der Waals surface area (Å²) in [5, 5.41) is 7.20. The third-order valence-electron chi connectivity index (χ3n) is 5.01. The molecule has 0 bridgehead atoms. The van der Waals surface area contributed by atoms with Gasteiger partial charge in [-0.05, 0) is 38.1 Å². The highest BCUT2D eigenvalue weighted by molar-refractivity contribution is 5.90. The van der Waals surface area contributed by atoms with E-state index in [-0.39, 0.29) is 24.5 Å². The van der Waals surface area contributed by atoms with Crippen LogP contribution >= 0.6 is 0 Å². The Morgan fingerprint density at radius 1 is 1.03 bits per heavy atom. The second kappa shape index (κ2) is 10.0. The van der Waals surface area contributed by atoms with Crippen molar-refractivity contribution in [3.8, 4) is 5.69 Å². The molecule has 10 heteroatoms. The van der Waals surface area contributed by atoms with Crippen LogP contribution in [0.2, 0.25) is 0 Å². The molecule has 0 saturated heterocycles. The number of aromatic nitrogens is 2. The molecule has 0 spiro atoms. The number of carbonyl (C=O) groups excluding carboxylic acids is 2. The maximum Gasteiger partial charge on any atom is 0.411 e. The summed E-state index contributed by atoms with van der Waals surface area (Å²) < 4.78 is 16.9. The summed E-state index contributed by atoms with van der Waals surface area (Å²) in [5.41, 5.74) is 0.504. The Balaban J connectivity index is 1.59. The smallest absolute Gasteiger partial charge is 0.411 e. The number of para-hydroxylation sites is 1. The van der Waals surface area contributed by atoms with Crippen molar-refractivity contribution in [2.24, 2.45) is 0 Å². The Hall–Kier alpha value is -4.73. The van der Waals surface area contributed by atoms with Crippen LogP contribution in [-0.4, -0.2) is 28.4 Å². The number of nitrogens with one attached hydrogen (secondary N) is 1. The van der Waals surface area contributed by atoms with Gasteiger partial charge in [0.1, 0.15) is 12.2 Å². The predicted octanol–water partition coefficient (Wildman–Crippen LogP) is 3.57. The standard InChI is InChI=1S/C25H21N3O7/c1-3-33-25(32)26-17-9-10-19-16(12-22(30)35-21(19)13-17)14-34-24(31)23-20(29)11-15(2)28(27-23)18-7-5-4-6-8-18/h4-13H,3,14H2,1-2H3,(H,26,32). The van der Waals surface area contributed by atoms with Gasteiger partial charge >= 0.3 is 17.7 Å². The first-order valence-corrected chi connectivity index (χ1v) is 10.7. The van der Waals surface area contributed by atoms with Crippen LogP contribution < -0.4 is 16.4 Å². The molecule has 35 heavy (non-hydrogen) atoms. The maximum atomic E-state index is 12.7. The summed E-state index contributed by atoms with van der Waals surface area (Å²) in [5.74, 6) is -0.929. The number of fused-ring (bicyclic) bond motifs is 1. The van der Waals surface area contributed by atoms with Crippen LogP contribution in [0.4, 0.5) is 10.5 Å². The van der Waals surface area contributed by atoms with E-state index in [1.807, 2.05) is 18.2 Å². The van der Waals surface area contributed by atoms with Crippen molar-refractivity contribution in [3.63, 3.8) is 0 Å². The van der Waals surface area contributed by atoms with E-state index in [4.69, 9.17) is 13.9 Å². The van der Waals surface area contributed by atoms with Gasteiger partial charge in [-0.25, -0.2) is 19.1 Å². The minimum absolute atomic E-state index is 0.178. The first-order chi connectivity index (χ1) is 16.9. The third-order valence-corrected chi connectivity index (χ3v) is 5.01. The van der Waals surface area contributed by atoms with Gasteiger partial charge < -0.3 is 13.9 Å². The molecule has 0 atom stereocenters. The van der Waals surface area contributed by atoms with Crippen LogP contribution in [0.25, 0.3) is 16.7 Å². The van der Waals surface area contributed by atoms with Crippen LogP contribution in [0.1, 0.15) is 28.7 Å². The van der Waals surface area contributed by atoms with Crippen molar-refractivity contribution < 1.29 is 23.5 Å². The van der Waals surface area contributed by atoms with E-state index in [9.17, 15) is 19.2 Å². The molecular formula is C25H21N3O7. The van der Waals surface area contributed by atoms with Gasteiger partial charge in [-0.2, -0.15) is 5.10 Å². The van der Waals surface area contributed by atoms with Gasteiger partial charge in [-0.3, -0.25) is 10.1 Å². The molecule has 4 aromatic rings. The van der Waals surface area contributed by atoms with E-state index in [1.54, 1.807) is 38.1 Å². The Bertz CT molecular complexity index is 1520. The van der Waals surface area contributed by atoms with E-state index in [1.165, 1.54) is 22.9 Å². The van der Waals surface area contributed by atoms with Crippen molar-refractivity contribution in [1.82, 2.24) is 9.78 Å². The molecule has 1 N–H and O–H groups in total. The Labute approximate surface area is 198 Å². The minimum Gasteiger partial charge on any atom is -0.456 e. The van der Waals surface area contributed by atoms with E-state index in [2.05, 4.69) is 10.4 Å². The van der Waals surface area contributed by atoms with Crippen molar-refractivity contribution >= 4 is 28.7 Å². The monoisotopic (exact) mass is 475 g/mol. The third kappa shape index (κ3) is 5.27. The number of rotatable bonds is 6. The summed E-state index contributed by atoms with van der Waals surface area (Å²) in [6.45, 7) is 3.29. The molecule has 0 saturated carbocycles. The largest absolute Gasteiger partial charge is 0.456 e. The second-order valence-electron chi connectivity index (χ2n) is 7.47. The normalized spacial score (nSPS) is 10.7. The Kier molecular flexibility index (Phi) is 6.72. The molecule has 2 aromatic heterocycles. The number of esters is 1. The van der Waals surface area contributed by atoms with Gasteiger partial charge in [0.2, 0.25) is 11.1 Å². The highest BCUT2D eigenvalue weighted by Gasteiger charge is 2.18. The quantitative estimate of drug-likeness (QED) is 0.331. The number of aryl methyl sites for hydroxylation is 1. The topological polar surface area (TPSA) is 130 Å². The van der Waals surface area contributed by atoms with E-state index < -0.39 is 23.1 Å². The van der Waals surface area contributed by atoms with E-state index in [0.29, 0.717) is 28.0 Å². The molecule has 0 aliphatic rings. The number of nitrogens with zero attached hydrogens (tertiary/aromatic N) is 2. The van der Waals surface area contributed by atoms with Crippen molar-refractivity contribution in [1.29, 1.82) is 0 Å². The van der Waals surface area contributed by atoms with Gasteiger partial charge in [-0.15, -0.1) is 0 Å². The molecule has 0 unspecified atom stereocenters. The molecule has 178 valence electrons. The number of ether oxygens (including phenoxy) is 2. The molecule has 0 radical (unpaired) electrons. The number of carbonyl (C=O) groups is 2. The van der Waals surface area contributed by atoms with Gasteiger partial charge in [-0.1, -0.05) is 18.2 Å². The summed E-state index contributed by atoms with van der Waals surface area (Å²) in [7, 11) is 0. The lowest BCUT2D eigenvalue weighted by molar-refractivity contribution is 0.0462. The lowest BCUT2D eigenvalue weighted by atomic mass is 10.1. The summed E-state index contributed by atoms with van der Waals surface area (Å²) >= 11 is 0. The van der Waals surface area contributed by atoms with Crippen molar-refractivity contribution in [2.45, 2.75) is 20.5 Å². The number of hydrogen-bond donors (Lipinski definition) is 1. The summed E-state index contributed by atoms with van der Waals surface area (Å²) in [6, 6.07) is 16.2. The fourth-order valence-corrected chi connectivity index (χ4v) is 3.44. The van der Waals surface area contributed by atoms with E-state index >= 15 is 0 Å². The second-order valence-corrected chi connectivity index (χ2v) is 7.47. The predicted molar refractivity (Wildman–Crippen MR) is 127 cm³/mol.